The zero-order valence-corrected chi connectivity index (χ0v) is 19.8. The van der Waals surface area contributed by atoms with Crippen LogP contribution in [0.3, 0.4) is 0 Å². The molecule has 2 fully saturated rings. The summed E-state index contributed by atoms with van der Waals surface area (Å²) in [7, 11) is 4.24. The van der Waals surface area contributed by atoms with Gasteiger partial charge in [-0.25, -0.2) is 0 Å². The van der Waals surface area contributed by atoms with E-state index in [4.69, 9.17) is 11.6 Å². The monoisotopic (exact) mass is 471 g/mol. The van der Waals surface area contributed by atoms with Gasteiger partial charge in [-0.15, -0.1) is 0 Å². The molecule has 0 bridgehead atoms. The first kappa shape index (κ1) is 23.3. The Bertz CT molecular complexity index is 1010. The van der Waals surface area contributed by atoms with E-state index in [1.807, 2.05) is 17.0 Å². The lowest BCUT2D eigenvalue weighted by Crippen LogP contribution is -2.38. The number of carbonyl (C=O) groups is 1. The molecule has 33 heavy (non-hydrogen) atoms. The molecule has 1 N–H and O–H groups in total. The zero-order valence-electron chi connectivity index (χ0n) is 19.0. The van der Waals surface area contributed by atoms with E-state index in [2.05, 4.69) is 41.3 Å². The molecule has 4 rings (SSSR count). The van der Waals surface area contributed by atoms with E-state index in [0.29, 0.717) is 42.7 Å². The zero-order chi connectivity index (χ0) is 23.5. The number of hydrogen-bond acceptors (Lipinski definition) is 6. The molecule has 2 heterocycles. The molecule has 1 unspecified atom stereocenters. The van der Waals surface area contributed by atoms with Gasteiger partial charge >= 0.3 is 0 Å². The van der Waals surface area contributed by atoms with Gasteiger partial charge in [-0.3, -0.25) is 14.9 Å². The van der Waals surface area contributed by atoms with Crippen LogP contribution >= 0.6 is 11.6 Å². The molecule has 0 radical (unpaired) electrons. The second-order valence-corrected chi connectivity index (χ2v) is 9.48. The molecular weight excluding hydrogens is 442 g/mol. The Labute approximate surface area is 199 Å². The smallest absolute Gasteiger partial charge is 0.294 e. The third-order valence-electron chi connectivity index (χ3n) is 6.73. The highest BCUT2D eigenvalue weighted by Crippen LogP contribution is 2.34. The van der Waals surface area contributed by atoms with Crippen molar-refractivity contribution in [3.05, 3.63) is 57.6 Å². The van der Waals surface area contributed by atoms with Gasteiger partial charge in [-0.1, -0.05) is 11.6 Å². The van der Waals surface area contributed by atoms with Gasteiger partial charge in [0.15, 0.2) is 0 Å². The van der Waals surface area contributed by atoms with Crippen LogP contribution in [0.2, 0.25) is 5.02 Å². The predicted molar refractivity (Wildman–Crippen MR) is 132 cm³/mol. The quantitative estimate of drug-likeness (QED) is 0.501. The first-order chi connectivity index (χ1) is 15.8. The highest BCUT2D eigenvalue weighted by Gasteiger charge is 2.29. The molecule has 2 aliphatic rings. The van der Waals surface area contributed by atoms with Crippen LogP contribution in [-0.2, 0) is 4.79 Å². The molecule has 1 atom stereocenters. The molecule has 0 saturated carbocycles. The van der Waals surface area contributed by atoms with Gasteiger partial charge in [-0.2, -0.15) is 0 Å². The number of nitro groups is 1. The van der Waals surface area contributed by atoms with Crippen molar-refractivity contribution in [2.24, 2.45) is 5.92 Å². The molecular formula is C24H30ClN5O3. The maximum atomic E-state index is 12.8. The number of halogens is 1. The van der Waals surface area contributed by atoms with Crippen molar-refractivity contribution in [2.75, 3.05) is 55.4 Å². The fourth-order valence-electron chi connectivity index (χ4n) is 4.69. The van der Waals surface area contributed by atoms with Crippen molar-refractivity contribution in [3.63, 3.8) is 0 Å². The Morgan fingerprint density at radius 3 is 2.33 bits per heavy atom. The minimum Gasteiger partial charge on any atom is -0.370 e. The number of nitrogens with one attached hydrogen (secondary N) is 1. The lowest BCUT2D eigenvalue weighted by Gasteiger charge is -2.32. The van der Waals surface area contributed by atoms with Crippen molar-refractivity contribution in [1.82, 2.24) is 4.90 Å². The largest absolute Gasteiger partial charge is 0.370 e. The molecule has 2 aromatic carbocycles. The third kappa shape index (κ3) is 5.39. The van der Waals surface area contributed by atoms with Crippen molar-refractivity contribution in [1.29, 1.82) is 0 Å². The summed E-state index contributed by atoms with van der Waals surface area (Å²) >= 11 is 5.93. The van der Waals surface area contributed by atoms with Gasteiger partial charge in [-0.05, 0) is 69.8 Å². The summed E-state index contributed by atoms with van der Waals surface area (Å²) in [4.78, 5) is 30.4. The molecule has 1 amide bonds. The van der Waals surface area contributed by atoms with Gasteiger partial charge in [0.2, 0.25) is 5.91 Å². The number of rotatable bonds is 6. The van der Waals surface area contributed by atoms with Crippen LogP contribution in [-0.4, -0.2) is 62.0 Å². The first-order valence-corrected chi connectivity index (χ1v) is 11.7. The Morgan fingerprint density at radius 2 is 1.73 bits per heavy atom. The van der Waals surface area contributed by atoms with E-state index < -0.39 is 4.92 Å². The van der Waals surface area contributed by atoms with Crippen LogP contribution in [0, 0.1) is 16.0 Å². The SMILES string of the molecule is CN(C)C1CCN(c2ccc(NC(=O)C3CCN(c4ccc(Cl)cc4[N+](=O)[O-])CC3)cc2)C1. The summed E-state index contributed by atoms with van der Waals surface area (Å²) in [6, 6.07) is 13.3. The van der Waals surface area contributed by atoms with Crippen LogP contribution in [0.15, 0.2) is 42.5 Å². The number of anilines is 3. The van der Waals surface area contributed by atoms with Crippen molar-refractivity contribution in [2.45, 2.75) is 25.3 Å². The predicted octanol–water partition coefficient (Wildman–Crippen LogP) is 4.24. The second kappa shape index (κ2) is 9.97. The fraction of sp³-hybridized carbons (Fsp3) is 0.458. The lowest BCUT2D eigenvalue weighted by molar-refractivity contribution is -0.384. The minimum atomic E-state index is -0.410. The first-order valence-electron chi connectivity index (χ1n) is 11.3. The molecule has 176 valence electrons. The van der Waals surface area contributed by atoms with Crippen LogP contribution in [0.5, 0.6) is 0 Å². The average Bonchev–Trinajstić information content (AvgIpc) is 3.30. The normalized spacial score (nSPS) is 19.2. The van der Waals surface area contributed by atoms with E-state index in [0.717, 1.165) is 25.2 Å². The summed E-state index contributed by atoms with van der Waals surface area (Å²) in [5.74, 6) is -0.117. The number of amides is 1. The minimum absolute atomic E-state index is 0.000367. The highest BCUT2D eigenvalue weighted by molar-refractivity contribution is 6.30. The topological polar surface area (TPSA) is 82.0 Å². The number of carbonyl (C=O) groups excluding carboxylic acids is 1. The summed E-state index contributed by atoms with van der Waals surface area (Å²) in [6.07, 6.45) is 2.44. The molecule has 2 aliphatic heterocycles. The van der Waals surface area contributed by atoms with Gasteiger partial charge in [0, 0.05) is 60.6 Å². The number of nitro benzene ring substituents is 1. The van der Waals surface area contributed by atoms with E-state index in [9.17, 15) is 14.9 Å². The Hall–Kier alpha value is -2.84. The summed E-state index contributed by atoms with van der Waals surface area (Å²) in [5.41, 5.74) is 2.52. The molecule has 2 aromatic rings. The van der Waals surface area contributed by atoms with Gasteiger partial charge in [0.05, 0.1) is 4.92 Å². The van der Waals surface area contributed by atoms with Crippen molar-refractivity contribution >= 4 is 40.3 Å². The summed E-state index contributed by atoms with van der Waals surface area (Å²) in [6.45, 7) is 3.23. The Morgan fingerprint density at radius 1 is 1.06 bits per heavy atom. The Balaban J connectivity index is 1.31. The third-order valence-corrected chi connectivity index (χ3v) is 6.97. The second-order valence-electron chi connectivity index (χ2n) is 9.04. The summed E-state index contributed by atoms with van der Waals surface area (Å²) < 4.78 is 0. The highest BCUT2D eigenvalue weighted by atomic mass is 35.5. The standard InChI is InChI=1S/C24H30ClN5O3/c1-27(2)21-11-14-29(16-21)20-6-4-19(5-7-20)26-24(31)17-9-12-28(13-10-17)22-8-3-18(25)15-23(22)30(32)33/h3-8,15,17,21H,9-14,16H2,1-2H3,(H,26,31). The van der Waals surface area contributed by atoms with E-state index in [1.165, 1.54) is 11.8 Å². The molecule has 0 spiro atoms. The fourth-order valence-corrected chi connectivity index (χ4v) is 4.86. The van der Waals surface area contributed by atoms with Crippen LogP contribution < -0.4 is 15.1 Å². The molecule has 0 aliphatic carbocycles. The van der Waals surface area contributed by atoms with Crippen molar-refractivity contribution < 1.29 is 9.72 Å². The van der Waals surface area contributed by atoms with Crippen LogP contribution in [0.4, 0.5) is 22.7 Å². The number of nitrogens with zero attached hydrogens (tertiary/aromatic N) is 4. The molecule has 2 saturated heterocycles. The molecule has 9 heteroatoms. The maximum Gasteiger partial charge on any atom is 0.294 e. The van der Waals surface area contributed by atoms with E-state index in [1.54, 1.807) is 12.1 Å². The lowest BCUT2D eigenvalue weighted by atomic mass is 9.95. The number of benzene rings is 2. The molecule has 0 aromatic heterocycles. The van der Waals surface area contributed by atoms with E-state index >= 15 is 0 Å². The number of piperidine rings is 1. The van der Waals surface area contributed by atoms with Gasteiger partial charge in [0.25, 0.3) is 5.69 Å². The Kier molecular flexibility index (Phi) is 7.05. The van der Waals surface area contributed by atoms with Crippen LogP contribution in [0.25, 0.3) is 0 Å². The molecule has 8 nitrogen and oxygen atoms in total. The van der Waals surface area contributed by atoms with Crippen LogP contribution in [0.1, 0.15) is 19.3 Å². The number of hydrogen-bond donors (Lipinski definition) is 1. The summed E-state index contributed by atoms with van der Waals surface area (Å²) in [5, 5.41) is 14.8. The van der Waals surface area contributed by atoms with E-state index in [-0.39, 0.29) is 17.5 Å². The van der Waals surface area contributed by atoms with Gasteiger partial charge < -0.3 is 20.0 Å². The maximum absolute atomic E-state index is 12.8. The van der Waals surface area contributed by atoms with Gasteiger partial charge in [0.1, 0.15) is 5.69 Å². The number of likely N-dealkylation sites (N-methyl/N-ethyl adjacent to an activating group) is 1. The van der Waals surface area contributed by atoms with Crippen molar-refractivity contribution in [3.8, 4) is 0 Å². The average molecular weight is 472 g/mol.